The first kappa shape index (κ1) is 14.1. The van der Waals surface area contributed by atoms with Gasteiger partial charge in [-0.1, -0.05) is 22.6 Å². The summed E-state index contributed by atoms with van der Waals surface area (Å²) < 4.78 is 9.79. The lowest BCUT2D eigenvalue weighted by molar-refractivity contribution is -0.139. The van der Waals surface area contributed by atoms with Crippen molar-refractivity contribution >= 4 is 28.6 Å². The smallest absolute Gasteiger partial charge is 0.319 e. The molecule has 0 aromatic rings. The molecule has 0 heterocycles. The molecule has 0 bridgehead atoms. The highest BCUT2D eigenvalue weighted by molar-refractivity contribution is 14.1. The van der Waals surface area contributed by atoms with Crippen molar-refractivity contribution in [3.05, 3.63) is 0 Å². The Kier molecular flexibility index (Phi) is 8.50. The predicted molar refractivity (Wildman–Crippen MR) is 63.8 cm³/mol. The van der Waals surface area contributed by atoms with E-state index in [1.54, 1.807) is 0 Å². The van der Waals surface area contributed by atoms with E-state index in [1.807, 2.05) is 13.8 Å². The number of hydrogen-bond donors (Lipinski definition) is 1. The topological polar surface area (TPSA) is 47.6 Å². The Bertz CT molecular complexity index is 164. The Morgan fingerprint density at radius 1 is 1.50 bits per heavy atom. The standard InChI is InChI=1S/C9H18INO3/c1-7(2)14-5-4-11-6-8(10)9(12)13-3/h7-8,11H,4-6H2,1-3H3. The zero-order valence-electron chi connectivity index (χ0n) is 8.88. The molecule has 0 saturated heterocycles. The summed E-state index contributed by atoms with van der Waals surface area (Å²) in [6.07, 6.45) is 0.257. The maximum absolute atomic E-state index is 11.0. The SMILES string of the molecule is COC(=O)C(I)CNCCOC(C)C. The molecule has 84 valence electrons. The molecule has 0 aliphatic rings. The number of nitrogens with one attached hydrogen (secondary N) is 1. The van der Waals surface area contributed by atoms with Gasteiger partial charge in [-0.05, 0) is 13.8 Å². The average molecular weight is 315 g/mol. The van der Waals surface area contributed by atoms with Crippen LogP contribution in [-0.4, -0.2) is 42.8 Å². The van der Waals surface area contributed by atoms with Crippen molar-refractivity contribution in [1.82, 2.24) is 5.32 Å². The lowest BCUT2D eigenvalue weighted by Gasteiger charge is -2.10. The fourth-order valence-electron chi connectivity index (χ4n) is 0.807. The molecule has 0 spiro atoms. The number of halogens is 1. The maximum Gasteiger partial charge on any atom is 0.319 e. The second kappa shape index (κ2) is 8.43. The highest BCUT2D eigenvalue weighted by Crippen LogP contribution is 2.00. The summed E-state index contributed by atoms with van der Waals surface area (Å²) in [7, 11) is 1.40. The molecule has 0 fully saturated rings. The molecule has 14 heavy (non-hydrogen) atoms. The molecule has 0 rings (SSSR count). The average Bonchev–Trinajstić information content (AvgIpc) is 2.15. The number of ether oxygens (including phenoxy) is 2. The number of rotatable bonds is 7. The van der Waals surface area contributed by atoms with Crippen LogP contribution in [0.15, 0.2) is 0 Å². The van der Waals surface area contributed by atoms with E-state index in [2.05, 4.69) is 32.6 Å². The molecule has 0 amide bonds. The van der Waals surface area contributed by atoms with Crippen molar-refractivity contribution in [2.24, 2.45) is 0 Å². The minimum atomic E-state index is -0.192. The van der Waals surface area contributed by atoms with Gasteiger partial charge in [0.15, 0.2) is 0 Å². The van der Waals surface area contributed by atoms with Crippen LogP contribution < -0.4 is 5.32 Å². The zero-order valence-corrected chi connectivity index (χ0v) is 11.0. The van der Waals surface area contributed by atoms with Gasteiger partial charge in [-0.15, -0.1) is 0 Å². The van der Waals surface area contributed by atoms with E-state index >= 15 is 0 Å². The molecule has 1 unspecified atom stereocenters. The van der Waals surface area contributed by atoms with Gasteiger partial charge in [0.2, 0.25) is 0 Å². The Morgan fingerprint density at radius 3 is 2.64 bits per heavy atom. The van der Waals surface area contributed by atoms with Gasteiger partial charge in [0.25, 0.3) is 0 Å². The van der Waals surface area contributed by atoms with Crippen molar-refractivity contribution in [3.8, 4) is 0 Å². The van der Waals surface area contributed by atoms with Gasteiger partial charge in [-0.3, -0.25) is 4.79 Å². The summed E-state index contributed by atoms with van der Waals surface area (Å²) >= 11 is 2.05. The zero-order chi connectivity index (χ0) is 11.0. The van der Waals surface area contributed by atoms with Crippen LogP contribution in [0.3, 0.4) is 0 Å². The number of esters is 1. The van der Waals surface area contributed by atoms with Crippen molar-refractivity contribution in [2.75, 3.05) is 26.8 Å². The third-order valence-corrected chi connectivity index (χ3v) is 2.46. The van der Waals surface area contributed by atoms with Gasteiger partial charge in [0.1, 0.15) is 3.92 Å². The normalized spacial score (nSPS) is 12.9. The van der Waals surface area contributed by atoms with Crippen LogP contribution in [0.25, 0.3) is 0 Å². The number of carbonyl (C=O) groups is 1. The first-order chi connectivity index (χ1) is 6.57. The monoisotopic (exact) mass is 315 g/mol. The summed E-state index contributed by atoms with van der Waals surface area (Å²) in [5.74, 6) is -0.192. The largest absolute Gasteiger partial charge is 0.468 e. The van der Waals surface area contributed by atoms with Crippen LogP contribution in [0.4, 0.5) is 0 Å². The molecule has 0 aliphatic heterocycles. The van der Waals surface area contributed by atoms with E-state index in [0.29, 0.717) is 13.2 Å². The minimum Gasteiger partial charge on any atom is -0.468 e. The number of methoxy groups -OCH3 is 1. The van der Waals surface area contributed by atoms with Crippen LogP contribution in [0.5, 0.6) is 0 Å². The molecular weight excluding hydrogens is 297 g/mol. The Labute approximate surface area is 98.9 Å². The van der Waals surface area contributed by atoms with Gasteiger partial charge in [0.05, 0.1) is 19.8 Å². The molecular formula is C9H18INO3. The summed E-state index contributed by atoms with van der Waals surface area (Å²) in [5, 5.41) is 3.12. The number of alkyl halides is 1. The molecule has 5 heteroatoms. The van der Waals surface area contributed by atoms with Crippen LogP contribution in [0.1, 0.15) is 13.8 Å². The Hall–Kier alpha value is 0.120. The summed E-state index contributed by atoms with van der Waals surface area (Å²) in [5.41, 5.74) is 0. The van der Waals surface area contributed by atoms with Gasteiger partial charge in [-0.2, -0.15) is 0 Å². The highest BCUT2D eigenvalue weighted by Gasteiger charge is 2.13. The Morgan fingerprint density at radius 2 is 2.14 bits per heavy atom. The Balaban J connectivity index is 3.31. The first-order valence-corrected chi connectivity index (χ1v) is 5.86. The summed E-state index contributed by atoms with van der Waals surface area (Å²) in [6.45, 7) is 6.04. The van der Waals surface area contributed by atoms with Crippen molar-refractivity contribution in [1.29, 1.82) is 0 Å². The lowest BCUT2D eigenvalue weighted by Crippen LogP contribution is -2.32. The summed E-state index contributed by atoms with van der Waals surface area (Å²) in [6, 6.07) is 0. The maximum atomic E-state index is 11.0. The minimum absolute atomic E-state index is 0.128. The molecule has 0 aliphatic carbocycles. The van der Waals surface area contributed by atoms with E-state index < -0.39 is 0 Å². The van der Waals surface area contributed by atoms with Gasteiger partial charge < -0.3 is 14.8 Å². The van der Waals surface area contributed by atoms with Crippen LogP contribution in [0.2, 0.25) is 0 Å². The number of hydrogen-bond acceptors (Lipinski definition) is 4. The quantitative estimate of drug-likeness (QED) is 0.329. The van der Waals surface area contributed by atoms with Gasteiger partial charge in [0, 0.05) is 13.1 Å². The van der Waals surface area contributed by atoms with E-state index in [9.17, 15) is 4.79 Å². The highest BCUT2D eigenvalue weighted by atomic mass is 127. The molecule has 4 nitrogen and oxygen atoms in total. The van der Waals surface area contributed by atoms with E-state index in [-0.39, 0.29) is 16.0 Å². The van der Waals surface area contributed by atoms with Crippen molar-refractivity contribution in [2.45, 2.75) is 23.9 Å². The molecule has 1 atom stereocenters. The van der Waals surface area contributed by atoms with Gasteiger partial charge >= 0.3 is 5.97 Å². The fraction of sp³-hybridized carbons (Fsp3) is 0.889. The van der Waals surface area contributed by atoms with Crippen LogP contribution in [-0.2, 0) is 14.3 Å². The summed E-state index contributed by atoms with van der Waals surface area (Å²) in [4.78, 5) is 11.0. The third-order valence-electron chi connectivity index (χ3n) is 1.51. The fourth-order valence-corrected chi connectivity index (χ4v) is 1.37. The van der Waals surface area contributed by atoms with E-state index in [4.69, 9.17) is 4.74 Å². The van der Waals surface area contributed by atoms with Gasteiger partial charge in [-0.25, -0.2) is 0 Å². The molecule has 0 saturated carbocycles. The van der Waals surface area contributed by atoms with Crippen LogP contribution >= 0.6 is 22.6 Å². The predicted octanol–water partition coefficient (Wildman–Crippen LogP) is 0.978. The van der Waals surface area contributed by atoms with E-state index in [0.717, 1.165) is 6.54 Å². The number of carbonyl (C=O) groups excluding carboxylic acids is 1. The molecule has 0 radical (unpaired) electrons. The molecule has 1 N–H and O–H groups in total. The van der Waals surface area contributed by atoms with Crippen molar-refractivity contribution in [3.63, 3.8) is 0 Å². The van der Waals surface area contributed by atoms with E-state index in [1.165, 1.54) is 7.11 Å². The molecule has 0 aromatic heterocycles. The second-order valence-electron chi connectivity index (χ2n) is 3.11. The first-order valence-electron chi connectivity index (χ1n) is 4.62. The second-order valence-corrected chi connectivity index (χ2v) is 4.62. The van der Waals surface area contributed by atoms with Crippen LogP contribution in [0, 0.1) is 0 Å². The van der Waals surface area contributed by atoms with Crippen molar-refractivity contribution < 1.29 is 14.3 Å². The lowest BCUT2D eigenvalue weighted by atomic mass is 10.4. The molecule has 0 aromatic carbocycles. The third kappa shape index (κ3) is 7.52.